The van der Waals surface area contributed by atoms with E-state index in [0.717, 1.165) is 6.20 Å². The lowest BCUT2D eigenvalue weighted by molar-refractivity contribution is -0.120. The Bertz CT molecular complexity index is 1080. The predicted octanol–water partition coefficient (Wildman–Crippen LogP) is 3.47. The molecule has 0 aliphatic rings. The van der Waals surface area contributed by atoms with E-state index >= 15 is 0 Å². The first-order valence-corrected chi connectivity index (χ1v) is 8.71. The van der Waals surface area contributed by atoms with Crippen molar-refractivity contribution in [3.8, 4) is 5.75 Å². The van der Waals surface area contributed by atoms with E-state index in [1.54, 1.807) is 43.4 Å². The zero-order valence-electron chi connectivity index (χ0n) is 16.1. The van der Waals surface area contributed by atoms with Gasteiger partial charge < -0.3 is 25.4 Å². The maximum atomic E-state index is 14.2. The van der Waals surface area contributed by atoms with Gasteiger partial charge in [-0.3, -0.25) is 4.79 Å². The highest BCUT2D eigenvalue weighted by atomic mass is 19.1. The minimum Gasteiger partial charge on any atom is -0.465 e. The fraction of sp³-hybridized carbons (Fsp3) is 0.100. The molecule has 0 bridgehead atoms. The van der Waals surface area contributed by atoms with Crippen molar-refractivity contribution in [3.05, 3.63) is 60.0 Å². The summed E-state index contributed by atoms with van der Waals surface area (Å²) < 4.78 is 23.8. The zero-order valence-corrected chi connectivity index (χ0v) is 16.1. The van der Waals surface area contributed by atoms with Crippen LogP contribution >= 0.6 is 0 Å². The van der Waals surface area contributed by atoms with Crippen LogP contribution in [0.2, 0.25) is 0 Å². The van der Waals surface area contributed by atoms with Crippen LogP contribution in [-0.4, -0.2) is 36.6 Å². The Labute approximate surface area is 171 Å². The Morgan fingerprint density at radius 3 is 2.67 bits per heavy atom. The maximum Gasteiger partial charge on any atom is 0.337 e. The molecule has 0 spiro atoms. The van der Waals surface area contributed by atoms with Crippen molar-refractivity contribution < 1.29 is 23.5 Å². The van der Waals surface area contributed by atoms with E-state index < -0.39 is 11.8 Å². The van der Waals surface area contributed by atoms with Gasteiger partial charge in [0, 0.05) is 18.4 Å². The molecular weight excluding hydrogens is 393 g/mol. The summed E-state index contributed by atoms with van der Waals surface area (Å²) in [6.07, 6.45) is 1.02. The zero-order chi connectivity index (χ0) is 21.5. The van der Waals surface area contributed by atoms with Gasteiger partial charge >= 0.3 is 5.97 Å². The monoisotopic (exact) mass is 411 g/mol. The number of esters is 1. The second kappa shape index (κ2) is 9.32. The van der Waals surface area contributed by atoms with Crippen molar-refractivity contribution in [2.24, 2.45) is 0 Å². The molecule has 9 nitrogen and oxygen atoms in total. The Hall–Kier alpha value is -4.21. The van der Waals surface area contributed by atoms with Crippen LogP contribution in [0.25, 0.3) is 0 Å². The van der Waals surface area contributed by atoms with Gasteiger partial charge in [0.05, 0.1) is 24.6 Å². The number of hydrogen-bond acceptors (Lipinski definition) is 9. The van der Waals surface area contributed by atoms with Crippen LogP contribution in [0.3, 0.4) is 0 Å². The lowest BCUT2D eigenvalue weighted by atomic mass is 10.2. The number of rotatable bonds is 8. The van der Waals surface area contributed by atoms with Gasteiger partial charge in [-0.05, 0) is 36.4 Å². The molecule has 0 aliphatic heterocycles. The average molecular weight is 411 g/mol. The predicted molar refractivity (Wildman–Crippen MR) is 109 cm³/mol. The van der Waals surface area contributed by atoms with Crippen molar-refractivity contribution in [2.75, 3.05) is 30.1 Å². The van der Waals surface area contributed by atoms with E-state index in [-0.39, 0.29) is 11.8 Å². The maximum absolute atomic E-state index is 14.2. The molecule has 0 unspecified atom stereocenters. The van der Waals surface area contributed by atoms with Crippen LogP contribution in [0.1, 0.15) is 10.4 Å². The van der Waals surface area contributed by atoms with Crippen LogP contribution in [-0.2, 0) is 9.53 Å². The number of ether oxygens (including phenoxy) is 2. The number of aromatic nitrogens is 2. The third-order valence-electron chi connectivity index (χ3n) is 3.97. The molecule has 0 atom stereocenters. The number of carbonyl (C=O) groups excluding carboxylic acids is 2. The second-order valence-corrected chi connectivity index (χ2v) is 5.89. The molecule has 3 rings (SSSR count). The number of carbonyl (C=O) groups is 2. The highest BCUT2D eigenvalue weighted by Gasteiger charge is 2.11. The molecule has 10 heteroatoms. The van der Waals surface area contributed by atoms with Gasteiger partial charge in [-0.2, -0.15) is 4.98 Å². The third-order valence-corrected chi connectivity index (χ3v) is 3.97. The van der Waals surface area contributed by atoms with Crippen molar-refractivity contribution >= 4 is 41.3 Å². The van der Waals surface area contributed by atoms with Gasteiger partial charge in [-0.25, -0.2) is 14.2 Å². The molecule has 1 aromatic heterocycles. The second-order valence-electron chi connectivity index (χ2n) is 5.89. The molecule has 0 saturated heterocycles. The molecule has 0 saturated carbocycles. The Kier molecular flexibility index (Phi) is 6.38. The number of benzene rings is 2. The van der Waals surface area contributed by atoms with E-state index in [4.69, 9.17) is 4.74 Å². The van der Waals surface area contributed by atoms with Gasteiger partial charge in [-0.1, -0.05) is 6.07 Å². The molecule has 2 aromatic carbocycles. The van der Waals surface area contributed by atoms with E-state index in [1.165, 1.54) is 13.2 Å². The number of hydrogen-bond donors (Lipinski definition) is 3. The number of anilines is 5. The van der Waals surface area contributed by atoms with E-state index in [2.05, 4.69) is 30.7 Å². The highest BCUT2D eigenvalue weighted by Crippen LogP contribution is 2.29. The van der Waals surface area contributed by atoms with E-state index in [1.807, 2.05) is 0 Å². The smallest absolute Gasteiger partial charge is 0.337 e. The Morgan fingerprint density at radius 1 is 1.13 bits per heavy atom. The Morgan fingerprint density at radius 2 is 1.93 bits per heavy atom. The molecule has 30 heavy (non-hydrogen) atoms. The van der Waals surface area contributed by atoms with Crippen LogP contribution in [0, 0.1) is 5.82 Å². The summed E-state index contributed by atoms with van der Waals surface area (Å²) in [5.41, 5.74) is 1.91. The molecule has 3 aromatic rings. The summed E-state index contributed by atoms with van der Waals surface area (Å²) in [6, 6.07) is 11.3. The van der Waals surface area contributed by atoms with Gasteiger partial charge in [0.15, 0.2) is 17.4 Å². The first kappa shape index (κ1) is 20.5. The van der Waals surface area contributed by atoms with Crippen molar-refractivity contribution in [2.45, 2.75) is 0 Å². The third kappa shape index (κ3) is 4.79. The molecule has 3 N–H and O–H groups in total. The number of nitrogens with zero attached hydrogens (tertiary/aromatic N) is 2. The van der Waals surface area contributed by atoms with Gasteiger partial charge in [-0.15, -0.1) is 0 Å². The molecule has 0 fully saturated rings. The minimum absolute atomic E-state index is 0.0794. The molecule has 0 radical (unpaired) electrons. The molecule has 154 valence electrons. The lowest BCUT2D eigenvalue weighted by Gasteiger charge is -2.12. The largest absolute Gasteiger partial charge is 0.465 e. The normalized spacial score (nSPS) is 10.1. The van der Waals surface area contributed by atoms with Crippen LogP contribution in [0.4, 0.5) is 33.2 Å². The number of methoxy groups -OCH3 is 1. The quantitative estimate of drug-likeness (QED) is 0.379. The van der Waals surface area contributed by atoms with Gasteiger partial charge in [0.25, 0.3) is 6.47 Å². The van der Waals surface area contributed by atoms with Gasteiger partial charge in [0.1, 0.15) is 0 Å². The standard InChI is InChI=1S/C20H18FN5O4/c1-22-16-9-14(6-7-17(16)30-11-27)25-20-23-10-15(21)18(26-20)24-13-5-3-4-12(8-13)19(28)29-2/h3-11,22H,1-2H3,(H2,23,24,25,26). The first-order valence-electron chi connectivity index (χ1n) is 8.71. The van der Waals surface area contributed by atoms with Crippen molar-refractivity contribution in [1.29, 1.82) is 0 Å². The molecule has 0 amide bonds. The van der Waals surface area contributed by atoms with Gasteiger partial charge in [0.2, 0.25) is 5.95 Å². The summed E-state index contributed by atoms with van der Waals surface area (Å²) in [6.45, 7) is 0.333. The molecule has 1 heterocycles. The summed E-state index contributed by atoms with van der Waals surface area (Å²) >= 11 is 0. The summed E-state index contributed by atoms with van der Waals surface area (Å²) in [5.74, 6) is -0.773. The Balaban J connectivity index is 1.82. The molecule has 0 aliphatic carbocycles. The first-order chi connectivity index (χ1) is 14.5. The lowest BCUT2D eigenvalue weighted by Crippen LogP contribution is -2.05. The fourth-order valence-electron chi connectivity index (χ4n) is 2.58. The van der Waals surface area contributed by atoms with Crippen LogP contribution in [0.15, 0.2) is 48.7 Å². The van der Waals surface area contributed by atoms with Crippen molar-refractivity contribution in [3.63, 3.8) is 0 Å². The summed E-state index contributed by atoms with van der Waals surface area (Å²) in [5, 5.41) is 8.68. The van der Waals surface area contributed by atoms with E-state index in [9.17, 15) is 14.0 Å². The number of halogens is 1. The van der Waals surface area contributed by atoms with Crippen molar-refractivity contribution in [1.82, 2.24) is 9.97 Å². The summed E-state index contributed by atoms with van der Waals surface area (Å²) in [7, 11) is 2.96. The fourth-order valence-corrected chi connectivity index (χ4v) is 2.58. The molecular formula is C20H18FN5O4. The van der Waals surface area contributed by atoms with Crippen LogP contribution in [0.5, 0.6) is 5.75 Å². The minimum atomic E-state index is -0.672. The SMILES string of the molecule is CNc1cc(Nc2ncc(F)c(Nc3cccc(C(=O)OC)c3)n2)ccc1OC=O. The van der Waals surface area contributed by atoms with E-state index in [0.29, 0.717) is 34.8 Å². The van der Waals surface area contributed by atoms with Crippen LogP contribution < -0.4 is 20.7 Å². The summed E-state index contributed by atoms with van der Waals surface area (Å²) in [4.78, 5) is 30.3. The average Bonchev–Trinajstić information content (AvgIpc) is 2.77. The highest BCUT2D eigenvalue weighted by molar-refractivity contribution is 5.90. The topological polar surface area (TPSA) is 114 Å². The number of nitrogens with one attached hydrogen (secondary N) is 3.